The summed E-state index contributed by atoms with van der Waals surface area (Å²) in [6.07, 6.45) is 6.13. The van der Waals surface area contributed by atoms with Gasteiger partial charge in [0.05, 0.1) is 17.2 Å². The Morgan fingerprint density at radius 2 is 1.56 bits per heavy atom. The number of amides is 1. The van der Waals surface area contributed by atoms with Crippen molar-refractivity contribution in [1.29, 1.82) is 0 Å². The molecule has 0 radical (unpaired) electrons. The molecule has 0 saturated heterocycles. The molecule has 174 valence electrons. The minimum Gasteiger partial charge on any atom is -0.494 e. The Morgan fingerprint density at radius 3 is 2.19 bits per heavy atom. The van der Waals surface area contributed by atoms with Gasteiger partial charge in [-0.15, -0.1) is 0 Å². The maximum atomic E-state index is 12.9. The average Bonchev–Trinajstić information content (AvgIpc) is 2.82. The Labute approximate surface area is 190 Å². The Kier molecular flexibility index (Phi) is 8.39. The number of ether oxygens (including phenoxy) is 2. The van der Waals surface area contributed by atoms with E-state index in [2.05, 4.69) is 5.32 Å². The van der Waals surface area contributed by atoms with Crippen molar-refractivity contribution in [2.75, 3.05) is 31.1 Å². The highest BCUT2D eigenvalue weighted by Gasteiger charge is 2.21. The molecule has 1 amide bonds. The molecule has 1 aliphatic carbocycles. The zero-order valence-corrected chi connectivity index (χ0v) is 19.6. The standard InChI is InChI=1S/C24H32N2O5S/c1-3-30-21-13-15-23(16-14-21)32(28,29)26(2)20-9-11-22(12-10-20)31-18-24(27)25-17-19-7-5-4-6-8-19/h9-16,19H,3-8,17-18H2,1-2H3,(H,25,27). The molecule has 2 aromatic rings. The van der Waals surface area contributed by atoms with E-state index in [-0.39, 0.29) is 17.4 Å². The third-order valence-electron chi connectivity index (χ3n) is 5.68. The van der Waals surface area contributed by atoms with Gasteiger partial charge in [0, 0.05) is 13.6 Å². The van der Waals surface area contributed by atoms with Crippen LogP contribution in [-0.4, -0.2) is 41.1 Å². The number of nitrogens with one attached hydrogen (secondary N) is 1. The molecule has 1 fully saturated rings. The van der Waals surface area contributed by atoms with Crippen LogP contribution in [0.3, 0.4) is 0 Å². The molecule has 0 bridgehead atoms. The van der Waals surface area contributed by atoms with Gasteiger partial charge in [-0.05, 0) is 74.2 Å². The van der Waals surface area contributed by atoms with Crippen molar-refractivity contribution in [2.24, 2.45) is 5.92 Å². The second-order valence-electron chi connectivity index (χ2n) is 7.97. The van der Waals surface area contributed by atoms with E-state index in [1.807, 2.05) is 6.92 Å². The second kappa shape index (κ2) is 11.2. The molecule has 1 aliphatic rings. The van der Waals surface area contributed by atoms with E-state index in [0.29, 0.717) is 36.3 Å². The molecule has 0 unspecified atom stereocenters. The quantitative estimate of drug-likeness (QED) is 0.580. The van der Waals surface area contributed by atoms with Crippen molar-refractivity contribution in [2.45, 2.75) is 43.9 Å². The number of hydrogen-bond acceptors (Lipinski definition) is 5. The fourth-order valence-electron chi connectivity index (χ4n) is 3.77. The summed E-state index contributed by atoms with van der Waals surface area (Å²) in [7, 11) is -2.21. The summed E-state index contributed by atoms with van der Waals surface area (Å²) in [4.78, 5) is 12.2. The van der Waals surface area contributed by atoms with Crippen molar-refractivity contribution in [3.8, 4) is 11.5 Å². The monoisotopic (exact) mass is 460 g/mol. The fourth-order valence-corrected chi connectivity index (χ4v) is 4.97. The van der Waals surface area contributed by atoms with Gasteiger partial charge in [-0.3, -0.25) is 9.10 Å². The van der Waals surface area contributed by atoms with Crippen LogP contribution in [0.2, 0.25) is 0 Å². The van der Waals surface area contributed by atoms with E-state index in [0.717, 1.165) is 0 Å². The van der Waals surface area contributed by atoms with Crippen LogP contribution in [0.15, 0.2) is 53.4 Å². The highest BCUT2D eigenvalue weighted by molar-refractivity contribution is 7.92. The molecular weight excluding hydrogens is 428 g/mol. The van der Waals surface area contributed by atoms with E-state index >= 15 is 0 Å². The minimum absolute atomic E-state index is 0.0631. The van der Waals surface area contributed by atoms with E-state index in [4.69, 9.17) is 9.47 Å². The number of carbonyl (C=O) groups excluding carboxylic acids is 1. The number of benzene rings is 2. The van der Waals surface area contributed by atoms with Crippen LogP contribution in [0.4, 0.5) is 5.69 Å². The van der Waals surface area contributed by atoms with Crippen LogP contribution < -0.4 is 19.1 Å². The number of nitrogens with zero attached hydrogens (tertiary/aromatic N) is 1. The highest BCUT2D eigenvalue weighted by Crippen LogP contribution is 2.26. The van der Waals surface area contributed by atoms with Crippen LogP contribution in [0, 0.1) is 5.92 Å². The maximum Gasteiger partial charge on any atom is 0.264 e. The van der Waals surface area contributed by atoms with Crippen molar-refractivity contribution < 1.29 is 22.7 Å². The lowest BCUT2D eigenvalue weighted by Gasteiger charge is -2.21. The fraction of sp³-hybridized carbons (Fsp3) is 0.458. The Hall–Kier alpha value is -2.74. The first-order valence-corrected chi connectivity index (χ1v) is 12.6. The zero-order valence-electron chi connectivity index (χ0n) is 18.7. The number of hydrogen-bond donors (Lipinski definition) is 1. The van der Waals surface area contributed by atoms with Crippen LogP contribution in [0.5, 0.6) is 11.5 Å². The van der Waals surface area contributed by atoms with Crippen LogP contribution in [0.25, 0.3) is 0 Å². The molecule has 0 aromatic heterocycles. The largest absolute Gasteiger partial charge is 0.494 e. The summed E-state index contributed by atoms with van der Waals surface area (Å²) in [6.45, 7) is 3.03. The van der Waals surface area contributed by atoms with Crippen LogP contribution in [-0.2, 0) is 14.8 Å². The van der Waals surface area contributed by atoms with Gasteiger partial charge in [-0.25, -0.2) is 8.42 Å². The summed E-state index contributed by atoms with van der Waals surface area (Å²) in [6, 6.07) is 13.0. The van der Waals surface area contributed by atoms with E-state index in [1.165, 1.54) is 55.6 Å². The molecule has 32 heavy (non-hydrogen) atoms. The highest BCUT2D eigenvalue weighted by atomic mass is 32.2. The van der Waals surface area contributed by atoms with Crippen molar-refractivity contribution in [3.63, 3.8) is 0 Å². The molecule has 0 aliphatic heterocycles. The molecule has 1 N–H and O–H groups in total. The number of carbonyl (C=O) groups is 1. The van der Waals surface area contributed by atoms with Gasteiger partial charge < -0.3 is 14.8 Å². The Balaban J connectivity index is 1.53. The summed E-state index contributed by atoms with van der Waals surface area (Å²) in [5.74, 6) is 1.56. The first-order chi connectivity index (χ1) is 15.4. The van der Waals surface area contributed by atoms with Gasteiger partial charge in [0.2, 0.25) is 0 Å². The molecule has 0 spiro atoms. The summed E-state index contributed by atoms with van der Waals surface area (Å²) >= 11 is 0. The first-order valence-electron chi connectivity index (χ1n) is 11.1. The molecule has 0 atom stereocenters. The van der Waals surface area contributed by atoms with E-state index in [9.17, 15) is 13.2 Å². The smallest absolute Gasteiger partial charge is 0.264 e. The van der Waals surface area contributed by atoms with Crippen molar-refractivity contribution in [1.82, 2.24) is 5.32 Å². The predicted molar refractivity (Wildman–Crippen MR) is 125 cm³/mol. The normalized spacial score (nSPS) is 14.6. The van der Waals surface area contributed by atoms with E-state index < -0.39 is 10.0 Å². The summed E-state index contributed by atoms with van der Waals surface area (Å²) in [5.41, 5.74) is 0.494. The lowest BCUT2D eigenvalue weighted by molar-refractivity contribution is -0.123. The van der Waals surface area contributed by atoms with Gasteiger partial charge in [0.1, 0.15) is 11.5 Å². The summed E-state index contributed by atoms with van der Waals surface area (Å²) < 4.78 is 37.9. The van der Waals surface area contributed by atoms with Gasteiger partial charge in [-0.2, -0.15) is 0 Å². The molecule has 3 rings (SSSR count). The molecular formula is C24H32N2O5S. The molecule has 0 heterocycles. The second-order valence-corrected chi connectivity index (χ2v) is 9.94. The van der Waals surface area contributed by atoms with Gasteiger partial charge in [0.25, 0.3) is 15.9 Å². The van der Waals surface area contributed by atoms with Crippen LogP contribution >= 0.6 is 0 Å². The third kappa shape index (κ3) is 6.38. The molecule has 1 saturated carbocycles. The third-order valence-corrected chi connectivity index (χ3v) is 7.48. The van der Waals surface area contributed by atoms with Crippen molar-refractivity contribution in [3.05, 3.63) is 48.5 Å². The number of anilines is 1. The lowest BCUT2D eigenvalue weighted by Crippen LogP contribution is -2.33. The number of rotatable bonds is 10. The summed E-state index contributed by atoms with van der Waals surface area (Å²) in [5, 5.41) is 2.94. The van der Waals surface area contributed by atoms with Crippen molar-refractivity contribution >= 4 is 21.6 Å². The van der Waals surface area contributed by atoms with Gasteiger partial charge >= 0.3 is 0 Å². The average molecular weight is 461 g/mol. The molecule has 2 aromatic carbocycles. The Morgan fingerprint density at radius 1 is 0.969 bits per heavy atom. The first kappa shape index (κ1) is 23.9. The van der Waals surface area contributed by atoms with E-state index in [1.54, 1.807) is 36.4 Å². The predicted octanol–water partition coefficient (Wildman–Crippen LogP) is 3.99. The van der Waals surface area contributed by atoms with Gasteiger partial charge in [-0.1, -0.05) is 19.3 Å². The maximum absolute atomic E-state index is 12.9. The molecule has 8 heteroatoms. The van der Waals surface area contributed by atoms with Crippen LogP contribution in [0.1, 0.15) is 39.0 Å². The topological polar surface area (TPSA) is 84.9 Å². The SMILES string of the molecule is CCOc1ccc(S(=O)(=O)N(C)c2ccc(OCC(=O)NCC3CCCCC3)cc2)cc1. The van der Waals surface area contributed by atoms with Gasteiger partial charge in [0.15, 0.2) is 6.61 Å². The lowest BCUT2D eigenvalue weighted by atomic mass is 9.89. The Bertz CT molecular complexity index is 968. The number of sulfonamides is 1. The minimum atomic E-state index is -3.71. The zero-order chi connectivity index (χ0) is 23.0. The molecule has 7 nitrogen and oxygen atoms in total.